The lowest BCUT2D eigenvalue weighted by molar-refractivity contribution is 0.226. The second-order valence-corrected chi connectivity index (χ2v) is 4.87. The van der Waals surface area contributed by atoms with Gasteiger partial charge in [-0.15, -0.1) is 0 Å². The Balaban J connectivity index is 2.02. The van der Waals surface area contributed by atoms with E-state index in [2.05, 4.69) is 27.1 Å². The van der Waals surface area contributed by atoms with Gasteiger partial charge in [0.15, 0.2) is 0 Å². The third kappa shape index (κ3) is 3.07. The zero-order valence-corrected chi connectivity index (χ0v) is 11.2. The van der Waals surface area contributed by atoms with E-state index in [1.807, 2.05) is 6.92 Å². The van der Waals surface area contributed by atoms with Crippen molar-refractivity contribution in [1.29, 1.82) is 0 Å². The zero-order chi connectivity index (χ0) is 12.3. The van der Waals surface area contributed by atoms with Crippen LogP contribution in [-0.2, 0) is 0 Å². The topological polar surface area (TPSA) is 41.0 Å². The minimum absolute atomic E-state index is 0.466. The van der Waals surface area contributed by atoms with E-state index in [0.29, 0.717) is 11.2 Å². The standard InChI is InChI=1S/C12H19ClN4/c1-3-17-6-4-5-10(7-17)16-12-9(2)11(13)14-8-15-12/h8,10H,3-7H2,1-2H3,(H,14,15,16). The van der Waals surface area contributed by atoms with Crippen LogP contribution in [-0.4, -0.2) is 40.5 Å². The van der Waals surface area contributed by atoms with Crippen molar-refractivity contribution in [2.24, 2.45) is 0 Å². The molecule has 1 aromatic heterocycles. The van der Waals surface area contributed by atoms with E-state index in [1.54, 1.807) is 0 Å². The van der Waals surface area contributed by atoms with Crippen molar-refractivity contribution < 1.29 is 0 Å². The molecule has 0 spiro atoms. The number of likely N-dealkylation sites (tertiary alicyclic amines) is 1. The van der Waals surface area contributed by atoms with Gasteiger partial charge >= 0.3 is 0 Å². The molecule has 0 aromatic carbocycles. The van der Waals surface area contributed by atoms with Crippen LogP contribution in [0, 0.1) is 6.92 Å². The summed E-state index contributed by atoms with van der Waals surface area (Å²) in [6, 6.07) is 0.466. The van der Waals surface area contributed by atoms with E-state index in [1.165, 1.54) is 25.7 Å². The van der Waals surface area contributed by atoms with Crippen LogP contribution >= 0.6 is 11.6 Å². The maximum Gasteiger partial charge on any atom is 0.137 e. The summed E-state index contributed by atoms with van der Waals surface area (Å²) >= 11 is 5.99. The largest absolute Gasteiger partial charge is 0.366 e. The third-order valence-corrected chi connectivity index (χ3v) is 3.70. The Morgan fingerprint density at radius 1 is 1.53 bits per heavy atom. The molecule has 2 rings (SSSR count). The first-order valence-electron chi connectivity index (χ1n) is 6.16. The molecule has 4 nitrogen and oxygen atoms in total. The normalized spacial score (nSPS) is 21.5. The summed E-state index contributed by atoms with van der Waals surface area (Å²) in [7, 11) is 0. The maximum atomic E-state index is 5.99. The fourth-order valence-corrected chi connectivity index (χ4v) is 2.36. The van der Waals surface area contributed by atoms with Gasteiger partial charge in [-0.25, -0.2) is 9.97 Å². The van der Waals surface area contributed by atoms with Gasteiger partial charge in [-0.2, -0.15) is 0 Å². The van der Waals surface area contributed by atoms with Crippen LogP contribution in [0.5, 0.6) is 0 Å². The Kier molecular flexibility index (Phi) is 4.18. The second-order valence-electron chi connectivity index (χ2n) is 4.51. The van der Waals surface area contributed by atoms with Crippen LogP contribution in [0.15, 0.2) is 6.33 Å². The minimum Gasteiger partial charge on any atom is -0.366 e. The molecule has 1 unspecified atom stereocenters. The SMILES string of the molecule is CCN1CCCC(Nc2ncnc(Cl)c2C)C1. The Hall–Kier alpha value is -0.870. The molecule has 0 aliphatic carbocycles. The molecule has 0 radical (unpaired) electrons. The predicted octanol–water partition coefficient (Wildman–Crippen LogP) is 2.33. The van der Waals surface area contributed by atoms with Gasteiger partial charge in [0.2, 0.25) is 0 Å². The molecular weight excluding hydrogens is 236 g/mol. The van der Waals surface area contributed by atoms with Crippen LogP contribution < -0.4 is 5.32 Å². The van der Waals surface area contributed by atoms with E-state index in [9.17, 15) is 0 Å². The van der Waals surface area contributed by atoms with Crippen molar-refractivity contribution >= 4 is 17.4 Å². The van der Waals surface area contributed by atoms with Crippen LogP contribution in [0.25, 0.3) is 0 Å². The Labute approximate surface area is 107 Å². The Morgan fingerprint density at radius 2 is 2.35 bits per heavy atom. The first-order chi connectivity index (χ1) is 8.20. The number of nitrogens with one attached hydrogen (secondary N) is 1. The lowest BCUT2D eigenvalue weighted by Gasteiger charge is -2.32. The smallest absolute Gasteiger partial charge is 0.137 e. The van der Waals surface area contributed by atoms with Gasteiger partial charge in [0, 0.05) is 18.2 Å². The molecule has 17 heavy (non-hydrogen) atoms. The molecule has 1 aliphatic rings. The molecule has 1 saturated heterocycles. The van der Waals surface area contributed by atoms with E-state index >= 15 is 0 Å². The molecule has 0 amide bonds. The van der Waals surface area contributed by atoms with Gasteiger partial charge in [-0.1, -0.05) is 18.5 Å². The van der Waals surface area contributed by atoms with Gasteiger partial charge in [0.05, 0.1) is 0 Å². The quantitative estimate of drug-likeness (QED) is 0.841. The van der Waals surface area contributed by atoms with E-state index in [-0.39, 0.29) is 0 Å². The molecule has 2 heterocycles. The monoisotopic (exact) mass is 254 g/mol. The number of halogens is 1. The van der Waals surface area contributed by atoms with E-state index < -0.39 is 0 Å². The highest BCUT2D eigenvalue weighted by molar-refractivity contribution is 6.30. The summed E-state index contributed by atoms with van der Waals surface area (Å²) in [4.78, 5) is 10.7. The average molecular weight is 255 g/mol. The van der Waals surface area contributed by atoms with Crippen LogP contribution in [0.4, 0.5) is 5.82 Å². The molecule has 5 heteroatoms. The lowest BCUT2D eigenvalue weighted by atomic mass is 10.1. The average Bonchev–Trinajstić information content (AvgIpc) is 2.35. The fourth-order valence-electron chi connectivity index (χ4n) is 2.23. The van der Waals surface area contributed by atoms with Crippen LogP contribution in [0.1, 0.15) is 25.3 Å². The minimum atomic E-state index is 0.466. The first-order valence-corrected chi connectivity index (χ1v) is 6.54. The number of piperidine rings is 1. The highest BCUT2D eigenvalue weighted by atomic mass is 35.5. The Morgan fingerprint density at radius 3 is 3.12 bits per heavy atom. The number of rotatable bonds is 3. The van der Waals surface area contributed by atoms with Crippen molar-refractivity contribution in [3.8, 4) is 0 Å². The maximum absolute atomic E-state index is 5.99. The highest BCUT2D eigenvalue weighted by Crippen LogP contribution is 2.21. The molecule has 1 fully saturated rings. The molecular formula is C12H19ClN4. The zero-order valence-electron chi connectivity index (χ0n) is 10.4. The number of nitrogens with zero attached hydrogens (tertiary/aromatic N) is 3. The molecule has 1 aliphatic heterocycles. The second kappa shape index (κ2) is 5.65. The van der Waals surface area contributed by atoms with Crippen molar-refractivity contribution in [3.05, 3.63) is 17.0 Å². The molecule has 1 atom stereocenters. The molecule has 1 N–H and O–H groups in total. The summed E-state index contributed by atoms with van der Waals surface area (Å²) in [5, 5.41) is 4.01. The fraction of sp³-hybridized carbons (Fsp3) is 0.667. The summed E-state index contributed by atoms with van der Waals surface area (Å²) in [5.41, 5.74) is 0.933. The van der Waals surface area contributed by atoms with Gasteiger partial charge in [-0.05, 0) is 32.9 Å². The van der Waals surface area contributed by atoms with Crippen molar-refractivity contribution in [3.63, 3.8) is 0 Å². The number of likely N-dealkylation sites (N-methyl/N-ethyl adjacent to an activating group) is 1. The lowest BCUT2D eigenvalue weighted by Crippen LogP contribution is -2.42. The van der Waals surface area contributed by atoms with E-state index in [4.69, 9.17) is 11.6 Å². The third-order valence-electron chi connectivity index (χ3n) is 3.32. The predicted molar refractivity (Wildman–Crippen MR) is 70.5 cm³/mol. The van der Waals surface area contributed by atoms with Crippen molar-refractivity contribution in [2.75, 3.05) is 25.0 Å². The van der Waals surface area contributed by atoms with Crippen molar-refractivity contribution in [2.45, 2.75) is 32.7 Å². The van der Waals surface area contributed by atoms with Crippen LogP contribution in [0.2, 0.25) is 5.15 Å². The number of hydrogen-bond donors (Lipinski definition) is 1. The summed E-state index contributed by atoms with van der Waals surface area (Å²) in [6.07, 6.45) is 3.94. The van der Waals surface area contributed by atoms with E-state index in [0.717, 1.165) is 24.5 Å². The van der Waals surface area contributed by atoms with Gasteiger partial charge in [-0.3, -0.25) is 0 Å². The first kappa shape index (κ1) is 12.6. The van der Waals surface area contributed by atoms with Crippen LogP contribution in [0.3, 0.4) is 0 Å². The number of hydrogen-bond acceptors (Lipinski definition) is 4. The van der Waals surface area contributed by atoms with Gasteiger partial charge < -0.3 is 10.2 Å². The highest BCUT2D eigenvalue weighted by Gasteiger charge is 2.19. The van der Waals surface area contributed by atoms with Gasteiger partial charge in [0.1, 0.15) is 17.3 Å². The Bertz CT molecular complexity index is 383. The van der Waals surface area contributed by atoms with Crippen molar-refractivity contribution in [1.82, 2.24) is 14.9 Å². The summed E-state index contributed by atoms with van der Waals surface area (Å²) in [5.74, 6) is 0.868. The summed E-state index contributed by atoms with van der Waals surface area (Å²) in [6.45, 7) is 7.55. The molecule has 0 bridgehead atoms. The molecule has 1 aromatic rings. The van der Waals surface area contributed by atoms with Gasteiger partial charge in [0.25, 0.3) is 0 Å². The summed E-state index contributed by atoms with van der Waals surface area (Å²) < 4.78 is 0. The molecule has 94 valence electrons. The number of aromatic nitrogens is 2. The molecule has 0 saturated carbocycles. The number of anilines is 1.